The molecule has 1 heterocycles. The molecule has 4 N–H and O–H groups in total. The number of likely N-dealkylation sites (tertiary alicyclic amines) is 1. The number of nitrogens with zero attached hydrogens (tertiary/aromatic N) is 2. The van der Waals surface area contributed by atoms with Crippen molar-refractivity contribution in [2.45, 2.75) is 74.0 Å². The molecule has 2 aromatic carbocycles. The third kappa shape index (κ3) is 9.22. The van der Waals surface area contributed by atoms with Gasteiger partial charge >= 0.3 is 11.9 Å². The third-order valence-corrected chi connectivity index (χ3v) is 10.7. The van der Waals surface area contributed by atoms with Crippen LogP contribution < -0.4 is 15.9 Å². The van der Waals surface area contributed by atoms with Gasteiger partial charge in [-0.15, -0.1) is 0 Å². The molecule has 248 valence electrons. The molecular formula is C28H38ClN5O9S2. The highest BCUT2D eigenvalue weighted by atomic mass is 35.5. The number of amides is 1. The molecule has 2 aromatic rings. The first-order valence-electron chi connectivity index (χ1n) is 14.2. The summed E-state index contributed by atoms with van der Waals surface area (Å²) in [7, 11) is -9.09. The highest BCUT2D eigenvalue weighted by Gasteiger charge is 2.44. The molecule has 17 heteroatoms. The van der Waals surface area contributed by atoms with Gasteiger partial charge in [0.25, 0.3) is 10.0 Å². The maximum atomic E-state index is 13.7. The monoisotopic (exact) mass is 687 g/mol. The Labute approximate surface area is 268 Å². The number of benzene rings is 2. The average Bonchev–Trinajstić information content (AvgIpc) is 3.42. The largest absolute Gasteiger partial charge is 0.465 e. The van der Waals surface area contributed by atoms with E-state index in [0.29, 0.717) is 12.8 Å². The molecule has 14 nitrogen and oxygen atoms in total. The van der Waals surface area contributed by atoms with E-state index >= 15 is 0 Å². The van der Waals surface area contributed by atoms with Crippen LogP contribution >= 0.6 is 11.8 Å². The van der Waals surface area contributed by atoms with E-state index in [1.807, 2.05) is 30.3 Å². The van der Waals surface area contributed by atoms with E-state index in [4.69, 9.17) is 27.1 Å². The summed E-state index contributed by atoms with van der Waals surface area (Å²) in [5, 5.41) is 3.01. The van der Waals surface area contributed by atoms with Crippen LogP contribution in [0, 0.1) is 0 Å². The fourth-order valence-corrected chi connectivity index (χ4v) is 7.93. The summed E-state index contributed by atoms with van der Waals surface area (Å²) in [6, 6.07) is 10.2. The number of ether oxygens (including phenoxy) is 2. The lowest BCUT2D eigenvalue weighted by atomic mass is 10.0. The zero-order valence-electron chi connectivity index (χ0n) is 25.1. The Morgan fingerprint density at radius 2 is 1.60 bits per heavy atom. The van der Waals surface area contributed by atoms with Gasteiger partial charge in [0, 0.05) is 24.4 Å². The summed E-state index contributed by atoms with van der Waals surface area (Å²) in [6.45, 7) is 4.71. The predicted molar refractivity (Wildman–Crippen MR) is 164 cm³/mol. The van der Waals surface area contributed by atoms with Gasteiger partial charge in [-0.05, 0) is 61.7 Å². The van der Waals surface area contributed by atoms with Crippen LogP contribution in [0.2, 0.25) is 0 Å². The zero-order valence-corrected chi connectivity index (χ0v) is 27.5. The van der Waals surface area contributed by atoms with Gasteiger partial charge < -0.3 is 14.4 Å². The van der Waals surface area contributed by atoms with Crippen LogP contribution in [0.5, 0.6) is 0 Å². The Balaban J connectivity index is 1.82. The number of aryl methyl sites for hydroxylation is 1. The smallest absolute Gasteiger partial charge is 0.328 e. The molecule has 0 unspecified atom stereocenters. The van der Waals surface area contributed by atoms with Crippen LogP contribution in [-0.2, 0) is 50.3 Å². The predicted octanol–water partition coefficient (Wildman–Crippen LogP) is 1.06. The molecule has 0 spiro atoms. The molecule has 0 radical (unpaired) electrons. The zero-order chi connectivity index (χ0) is 33.4. The minimum atomic E-state index is -4.56. The van der Waals surface area contributed by atoms with Gasteiger partial charge in [0.2, 0.25) is 15.9 Å². The van der Waals surface area contributed by atoms with E-state index in [1.165, 1.54) is 24.0 Å². The molecular weight excluding hydrogens is 650 g/mol. The molecule has 45 heavy (non-hydrogen) atoms. The first-order valence-corrected chi connectivity index (χ1v) is 17.5. The molecule has 4 atom stereocenters. The Morgan fingerprint density at radius 1 is 1.00 bits per heavy atom. The van der Waals surface area contributed by atoms with Crippen molar-refractivity contribution in [2.75, 3.05) is 19.8 Å². The summed E-state index contributed by atoms with van der Waals surface area (Å²) < 4.78 is 64.6. The van der Waals surface area contributed by atoms with Crippen molar-refractivity contribution >= 4 is 49.7 Å². The van der Waals surface area contributed by atoms with Crippen LogP contribution in [0.4, 0.5) is 0 Å². The minimum absolute atomic E-state index is 0.0191. The first-order chi connectivity index (χ1) is 21.2. The van der Waals surface area contributed by atoms with Gasteiger partial charge in [0.15, 0.2) is 0 Å². The normalized spacial score (nSPS) is 18.4. The Kier molecular flexibility index (Phi) is 12.9. The SMILES string of the molecule is CCOC(=O)[C@H](CCc1ccccc1)N[C@@H](C)C(=O)N1C[C@@H](NS(=O)(=O)c2ccccc2S(=O)(=O)N(N)Cl)C[C@H]1C(=O)OCC. The second-order valence-corrected chi connectivity index (χ2v) is 14.3. The summed E-state index contributed by atoms with van der Waals surface area (Å²) in [5.41, 5.74) is 0.990. The minimum Gasteiger partial charge on any atom is -0.465 e. The molecule has 1 amide bonds. The lowest BCUT2D eigenvalue weighted by molar-refractivity contribution is -0.154. The quantitative estimate of drug-likeness (QED) is 0.105. The van der Waals surface area contributed by atoms with Crippen molar-refractivity contribution < 1.29 is 40.7 Å². The van der Waals surface area contributed by atoms with Gasteiger partial charge in [-0.2, -0.15) is 0 Å². The number of rotatable bonds is 15. The van der Waals surface area contributed by atoms with Crippen molar-refractivity contribution in [3.05, 3.63) is 60.2 Å². The van der Waals surface area contributed by atoms with E-state index < -0.39 is 71.9 Å². The molecule has 1 aliphatic heterocycles. The molecule has 1 aliphatic rings. The molecule has 1 saturated heterocycles. The second kappa shape index (κ2) is 15.9. The van der Waals surface area contributed by atoms with Crippen LogP contribution in [0.25, 0.3) is 0 Å². The van der Waals surface area contributed by atoms with E-state index in [0.717, 1.165) is 17.7 Å². The van der Waals surface area contributed by atoms with E-state index in [-0.39, 0.29) is 30.1 Å². The Morgan fingerprint density at radius 3 is 2.20 bits per heavy atom. The number of carbonyl (C=O) groups is 3. The molecule has 1 fully saturated rings. The third-order valence-electron chi connectivity index (χ3n) is 7.07. The summed E-state index contributed by atoms with van der Waals surface area (Å²) in [6.07, 6.45) is 0.703. The first kappa shape index (κ1) is 36.3. The fraction of sp³-hybridized carbons (Fsp3) is 0.464. The van der Waals surface area contributed by atoms with E-state index in [9.17, 15) is 31.2 Å². The van der Waals surface area contributed by atoms with Gasteiger partial charge in [-0.1, -0.05) is 42.5 Å². The lowest BCUT2D eigenvalue weighted by Gasteiger charge is -2.28. The average molecular weight is 688 g/mol. The number of carbonyl (C=O) groups excluding carboxylic acids is 3. The molecule has 0 bridgehead atoms. The summed E-state index contributed by atoms with van der Waals surface area (Å²) in [4.78, 5) is 39.3. The summed E-state index contributed by atoms with van der Waals surface area (Å²) in [5.74, 6) is 3.37. The van der Waals surface area contributed by atoms with E-state index in [2.05, 4.69) is 10.0 Å². The molecule has 0 aliphatic carbocycles. The molecule has 3 rings (SSSR count). The van der Waals surface area contributed by atoms with Crippen molar-refractivity contribution in [3.8, 4) is 0 Å². The maximum absolute atomic E-state index is 13.7. The topological polar surface area (TPSA) is 195 Å². The van der Waals surface area contributed by atoms with Gasteiger partial charge in [-0.3, -0.25) is 14.9 Å². The number of nitrogens with one attached hydrogen (secondary N) is 2. The van der Waals surface area contributed by atoms with Crippen LogP contribution in [0.15, 0.2) is 64.4 Å². The fourth-order valence-electron chi connectivity index (χ4n) is 4.98. The standard InChI is InChI=1S/C28H38ClN5O9S2/c1-4-42-27(36)22(16-15-20-11-7-6-8-12-20)31-19(3)26(35)33-18-21(17-23(33)28(37)43-5-2)32-44(38,39)24-13-9-10-14-25(24)45(40,41)34(29)30/h6-14,19,21-23,31-32H,4-5,15-18,30H2,1-3H3/t19-,21-,22-,23-/m0/s1. The Bertz CT molecular complexity index is 1560. The lowest BCUT2D eigenvalue weighted by Crippen LogP contribution is -2.53. The molecule has 0 aromatic heterocycles. The van der Waals surface area contributed by atoms with Gasteiger partial charge in [0.05, 0.1) is 19.3 Å². The highest BCUT2D eigenvalue weighted by Crippen LogP contribution is 2.27. The number of nitrogens with two attached hydrogens (primary N) is 1. The highest BCUT2D eigenvalue weighted by molar-refractivity contribution is 7.92. The van der Waals surface area contributed by atoms with Crippen molar-refractivity contribution in [1.82, 2.24) is 18.9 Å². The van der Waals surface area contributed by atoms with Gasteiger partial charge in [-0.25, -0.2) is 32.2 Å². The Hall–Kier alpha value is -3.12. The molecule has 0 saturated carbocycles. The number of esters is 2. The van der Waals surface area contributed by atoms with Crippen molar-refractivity contribution in [1.29, 1.82) is 0 Å². The van der Waals surface area contributed by atoms with Crippen LogP contribution in [-0.4, -0.2) is 87.4 Å². The van der Waals surface area contributed by atoms with Crippen molar-refractivity contribution in [2.24, 2.45) is 5.84 Å². The second-order valence-electron chi connectivity index (χ2n) is 10.2. The van der Waals surface area contributed by atoms with Gasteiger partial charge in [0.1, 0.15) is 21.9 Å². The van der Waals surface area contributed by atoms with E-state index in [1.54, 1.807) is 13.8 Å². The summed E-state index contributed by atoms with van der Waals surface area (Å²) >= 11 is 5.46. The number of hydrazine groups is 1. The van der Waals surface area contributed by atoms with Crippen molar-refractivity contribution in [3.63, 3.8) is 0 Å². The number of halogens is 1. The van der Waals surface area contributed by atoms with Crippen LogP contribution in [0.1, 0.15) is 39.2 Å². The number of hydrogen-bond donors (Lipinski definition) is 3. The van der Waals surface area contributed by atoms with Crippen LogP contribution in [0.3, 0.4) is 0 Å². The maximum Gasteiger partial charge on any atom is 0.328 e. The number of sulfonamides is 2. The number of hydrogen-bond acceptors (Lipinski definition) is 11.